The number of aliphatic hydroxyl groups excluding tert-OH is 1. The number of aryl methyl sites for hydroxylation is 2. The molecule has 14 heavy (non-hydrogen) atoms. The lowest BCUT2D eigenvalue weighted by molar-refractivity contribution is 0.0922. The van der Waals surface area contributed by atoms with E-state index in [0.717, 1.165) is 0 Å². The van der Waals surface area contributed by atoms with Crippen LogP contribution in [0.1, 0.15) is 28.8 Å². The van der Waals surface area contributed by atoms with Gasteiger partial charge in [0.1, 0.15) is 11.5 Å². The molecule has 0 aromatic carbocycles. The van der Waals surface area contributed by atoms with E-state index in [2.05, 4.69) is 5.32 Å². The van der Waals surface area contributed by atoms with E-state index in [4.69, 9.17) is 9.52 Å². The molecule has 0 saturated heterocycles. The molecule has 0 saturated carbocycles. The van der Waals surface area contributed by atoms with Gasteiger partial charge in [0.05, 0.1) is 11.7 Å². The van der Waals surface area contributed by atoms with Crippen LogP contribution in [0.4, 0.5) is 0 Å². The zero-order chi connectivity index (χ0) is 10.7. The van der Waals surface area contributed by atoms with Gasteiger partial charge in [0, 0.05) is 6.54 Å². The third-order valence-electron chi connectivity index (χ3n) is 1.84. The fourth-order valence-electron chi connectivity index (χ4n) is 1.19. The number of carbonyl (C=O) groups excluding carboxylic acids is 1. The third-order valence-corrected chi connectivity index (χ3v) is 1.84. The van der Waals surface area contributed by atoms with Gasteiger partial charge in [0.15, 0.2) is 0 Å². The molecule has 1 aromatic heterocycles. The Morgan fingerprint density at radius 3 is 2.71 bits per heavy atom. The van der Waals surface area contributed by atoms with E-state index in [1.54, 1.807) is 26.8 Å². The number of amides is 1. The number of carbonyl (C=O) groups is 1. The van der Waals surface area contributed by atoms with Crippen molar-refractivity contribution in [2.75, 3.05) is 6.54 Å². The first-order valence-electron chi connectivity index (χ1n) is 4.54. The first kappa shape index (κ1) is 10.8. The lowest BCUT2D eigenvalue weighted by atomic mass is 10.2. The Kier molecular flexibility index (Phi) is 3.30. The van der Waals surface area contributed by atoms with E-state index >= 15 is 0 Å². The minimum Gasteiger partial charge on any atom is -0.466 e. The summed E-state index contributed by atoms with van der Waals surface area (Å²) in [6.45, 7) is 5.40. The number of hydrogen-bond acceptors (Lipinski definition) is 3. The molecule has 1 heterocycles. The molecule has 0 unspecified atom stereocenters. The van der Waals surface area contributed by atoms with Crippen molar-refractivity contribution in [3.8, 4) is 0 Å². The van der Waals surface area contributed by atoms with Crippen molar-refractivity contribution in [1.29, 1.82) is 0 Å². The van der Waals surface area contributed by atoms with E-state index in [-0.39, 0.29) is 12.5 Å². The summed E-state index contributed by atoms with van der Waals surface area (Å²) in [6, 6.07) is 1.69. The van der Waals surface area contributed by atoms with E-state index in [9.17, 15) is 4.79 Å². The molecule has 4 heteroatoms. The van der Waals surface area contributed by atoms with Crippen LogP contribution in [0.3, 0.4) is 0 Å². The lowest BCUT2D eigenvalue weighted by Gasteiger charge is -2.05. The second-order valence-corrected chi connectivity index (χ2v) is 3.39. The fourth-order valence-corrected chi connectivity index (χ4v) is 1.19. The summed E-state index contributed by atoms with van der Waals surface area (Å²) in [6.07, 6.45) is -0.535. The molecule has 0 aliphatic rings. The first-order valence-corrected chi connectivity index (χ1v) is 4.54. The van der Waals surface area contributed by atoms with E-state index in [0.29, 0.717) is 17.1 Å². The van der Waals surface area contributed by atoms with Crippen molar-refractivity contribution in [1.82, 2.24) is 5.32 Å². The van der Waals surface area contributed by atoms with Crippen LogP contribution in [0.2, 0.25) is 0 Å². The Morgan fingerprint density at radius 1 is 1.64 bits per heavy atom. The van der Waals surface area contributed by atoms with Crippen LogP contribution in [0, 0.1) is 13.8 Å². The summed E-state index contributed by atoms with van der Waals surface area (Å²) in [7, 11) is 0. The quantitative estimate of drug-likeness (QED) is 0.760. The number of aliphatic hydroxyl groups is 1. The van der Waals surface area contributed by atoms with Crippen LogP contribution in [0.25, 0.3) is 0 Å². The Bertz CT molecular complexity index is 328. The molecular formula is C10H15NO3. The normalized spacial score (nSPS) is 12.6. The monoisotopic (exact) mass is 197 g/mol. The largest absolute Gasteiger partial charge is 0.466 e. The van der Waals surface area contributed by atoms with Crippen molar-refractivity contribution in [2.24, 2.45) is 0 Å². The Balaban J connectivity index is 2.65. The zero-order valence-corrected chi connectivity index (χ0v) is 8.63. The molecule has 0 spiro atoms. The molecule has 1 aromatic rings. The van der Waals surface area contributed by atoms with Crippen molar-refractivity contribution in [2.45, 2.75) is 26.9 Å². The highest BCUT2D eigenvalue weighted by atomic mass is 16.3. The predicted molar refractivity (Wildman–Crippen MR) is 52.2 cm³/mol. The Morgan fingerprint density at radius 2 is 2.29 bits per heavy atom. The maximum absolute atomic E-state index is 11.5. The zero-order valence-electron chi connectivity index (χ0n) is 8.63. The first-order chi connectivity index (χ1) is 6.50. The van der Waals surface area contributed by atoms with Crippen LogP contribution in [0.5, 0.6) is 0 Å². The molecule has 0 aliphatic carbocycles. The van der Waals surface area contributed by atoms with Crippen molar-refractivity contribution < 1.29 is 14.3 Å². The van der Waals surface area contributed by atoms with Crippen LogP contribution in [-0.2, 0) is 0 Å². The van der Waals surface area contributed by atoms with Crippen LogP contribution in [-0.4, -0.2) is 23.7 Å². The van der Waals surface area contributed by atoms with Gasteiger partial charge in [-0.1, -0.05) is 0 Å². The van der Waals surface area contributed by atoms with Gasteiger partial charge in [0.25, 0.3) is 5.91 Å². The van der Waals surface area contributed by atoms with Gasteiger partial charge < -0.3 is 14.8 Å². The van der Waals surface area contributed by atoms with E-state index < -0.39 is 6.10 Å². The topological polar surface area (TPSA) is 62.5 Å². The van der Waals surface area contributed by atoms with Crippen LogP contribution < -0.4 is 5.32 Å². The summed E-state index contributed by atoms with van der Waals surface area (Å²) >= 11 is 0. The minimum absolute atomic E-state index is 0.208. The number of furan rings is 1. The Labute approximate surface area is 82.9 Å². The molecule has 1 atom stereocenters. The summed E-state index contributed by atoms with van der Waals surface area (Å²) in [5, 5.41) is 11.6. The highest BCUT2D eigenvalue weighted by molar-refractivity contribution is 5.95. The average molecular weight is 197 g/mol. The van der Waals surface area contributed by atoms with Gasteiger partial charge in [-0.15, -0.1) is 0 Å². The molecule has 0 radical (unpaired) electrons. The molecule has 0 aliphatic heterocycles. The van der Waals surface area contributed by atoms with Gasteiger partial charge in [-0.3, -0.25) is 4.79 Å². The SMILES string of the molecule is Cc1cc(C(=O)NC[C@H](C)O)c(C)o1. The molecule has 0 fully saturated rings. The van der Waals surface area contributed by atoms with Gasteiger partial charge in [-0.2, -0.15) is 0 Å². The van der Waals surface area contributed by atoms with Gasteiger partial charge in [0.2, 0.25) is 0 Å². The average Bonchev–Trinajstić information content (AvgIpc) is 2.41. The molecule has 1 rings (SSSR count). The van der Waals surface area contributed by atoms with Crippen molar-refractivity contribution >= 4 is 5.91 Å². The third kappa shape index (κ3) is 2.60. The molecular weight excluding hydrogens is 182 g/mol. The van der Waals surface area contributed by atoms with Gasteiger partial charge in [-0.05, 0) is 26.8 Å². The standard InChI is InChI=1S/C10H15NO3/c1-6(12)5-11-10(13)9-4-7(2)14-8(9)3/h4,6,12H,5H2,1-3H3,(H,11,13)/t6-/m0/s1. The smallest absolute Gasteiger partial charge is 0.254 e. The second-order valence-electron chi connectivity index (χ2n) is 3.39. The van der Waals surface area contributed by atoms with Crippen LogP contribution >= 0.6 is 0 Å². The highest BCUT2D eigenvalue weighted by Gasteiger charge is 2.13. The summed E-state index contributed by atoms with van der Waals surface area (Å²) in [5.74, 6) is 1.11. The fraction of sp³-hybridized carbons (Fsp3) is 0.500. The van der Waals surface area contributed by atoms with Gasteiger partial charge >= 0.3 is 0 Å². The van der Waals surface area contributed by atoms with Gasteiger partial charge in [-0.25, -0.2) is 0 Å². The Hall–Kier alpha value is -1.29. The van der Waals surface area contributed by atoms with E-state index in [1.165, 1.54) is 0 Å². The second kappa shape index (κ2) is 4.28. The van der Waals surface area contributed by atoms with Crippen LogP contribution in [0.15, 0.2) is 10.5 Å². The number of rotatable bonds is 3. The summed E-state index contributed by atoms with van der Waals surface area (Å²) < 4.78 is 5.22. The predicted octanol–water partition coefficient (Wildman–Crippen LogP) is 1.01. The van der Waals surface area contributed by atoms with Crippen molar-refractivity contribution in [3.05, 3.63) is 23.2 Å². The highest BCUT2D eigenvalue weighted by Crippen LogP contribution is 2.13. The molecule has 2 N–H and O–H groups in total. The van der Waals surface area contributed by atoms with E-state index in [1.807, 2.05) is 0 Å². The summed E-state index contributed by atoms with van der Waals surface area (Å²) in [5.41, 5.74) is 0.531. The maximum Gasteiger partial charge on any atom is 0.254 e. The number of nitrogens with one attached hydrogen (secondary N) is 1. The maximum atomic E-state index is 11.5. The summed E-state index contributed by atoms with van der Waals surface area (Å²) in [4.78, 5) is 11.5. The lowest BCUT2D eigenvalue weighted by Crippen LogP contribution is -2.30. The van der Waals surface area contributed by atoms with Crippen molar-refractivity contribution in [3.63, 3.8) is 0 Å². The molecule has 78 valence electrons. The number of hydrogen-bond donors (Lipinski definition) is 2. The molecule has 4 nitrogen and oxygen atoms in total. The molecule has 1 amide bonds. The molecule has 0 bridgehead atoms. The minimum atomic E-state index is -0.535.